The van der Waals surface area contributed by atoms with Gasteiger partial charge >= 0.3 is 13.8 Å². The first kappa shape index (κ1) is 33.2. The van der Waals surface area contributed by atoms with Crippen LogP contribution in [0, 0.1) is 5.82 Å². The number of rotatable bonds is 15. The summed E-state index contributed by atoms with van der Waals surface area (Å²) in [7, 11) is -3.06. The largest absolute Gasteiger partial charge is 0.493 e. The second kappa shape index (κ2) is 14.4. The zero-order valence-corrected chi connectivity index (χ0v) is 26.1. The minimum Gasteiger partial charge on any atom is -0.493 e. The zero-order valence-electron chi connectivity index (χ0n) is 24.5. The minimum atomic E-state index is -4.59. The summed E-state index contributed by atoms with van der Waals surface area (Å²) in [6, 6.07) is 7.97. The Morgan fingerprint density at radius 2 is 1.82 bits per heavy atom. The van der Waals surface area contributed by atoms with Gasteiger partial charge in [0, 0.05) is 17.0 Å². The Labute approximate surface area is 258 Å². The lowest BCUT2D eigenvalue weighted by atomic mass is 9.99. The van der Waals surface area contributed by atoms with Crippen LogP contribution in [0.2, 0.25) is 5.02 Å². The van der Waals surface area contributed by atoms with E-state index in [9.17, 15) is 8.96 Å². The third-order valence-electron chi connectivity index (χ3n) is 6.63. The van der Waals surface area contributed by atoms with Gasteiger partial charge in [0.2, 0.25) is 0 Å². The molecule has 2 aromatic carbocycles. The third kappa shape index (κ3) is 9.18. The summed E-state index contributed by atoms with van der Waals surface area (Å²) >= 11 is 5.81. The molecular weight excluding hydrogens is 618 g/mol. The Bertz CT molecular complexity index is 1630. The average Bonchev–Trinajstić information content (AvgIpc) is 2.97. The fraction of sp³-hybridized carbons (Fsp3) is 0.357. The van der Waals surface area contributed by atoms with E-state index in [1.807, 2.05) is 0 Å². The summed E-state index contributed by atoms with van der Waals surface area (Å²) < 4.78 is 46.4. The number of nitrogens with zero attached hydrogens (tertiary/aromatic N) is 4. The molecule has 4 aromatic rings. The topological polar surface area (TPSA) is 170 Å². The van der Waals surface area contributed by atoms with E-state index in [4.69, 9.17) is 40.1 Å². The number of phosphoric acid groups is 1. The van der Waals surface area contributed by atoms with Crippen LogP contribution in [0.1, 0.15) is 32.8 Å². The van der Waals surface area contributed by atoms with Crippen molar-refractivity contribution in [3.8, 4) is 17.5 Å². The molecule has 0 amide bonds. The molecule has 1 unspecified atom stereocenters. The summed E-state index contributed by atoms with van der Waals surface area (Å²) in [5.74, 6) is 0.968. The van der Waals surface area contributed by atoms with E-state index in [1.165, 1.54) is 38.0 Å². The van der Waals surface area contributed by atoms with Crippen molar-refractivity contribution in [1.82, 2.24) is 25.3 Å². The fourth-order valence-corrected chi connectivity index (χ4v) is 4.83. The summed E-state index contributed by atoms with van der Waals surface area (Å²) in [6.45, 7) is 6.17. The van der Waals surface area contributed by atoms with Crippen LogP contribution in [0.4, 0.5) is 15.9 Å². The highest BCUT2D eigenvalue weighted by molar-refractivity contribution is 7.46. The first-order chi connectivity index (χ1) is 20.8. The minimum absolute atomic E-state index is 0.0110. The number of phosphoric ester groups is 1. The SMILES string of the molecule is COc1cc2c(Nc3cnc(OCc4ccc(F)c(Cl)c4)nc3)ncnc2cc1OCCCNC(C)(C)C(C)OP(=O)(O)O. The molecule has 236 valence electrons. The number of benzene rings is 2. The Morgan fingerprint density at radius 1 is 1.07 bits per heavy atom. The fourth-order valence-electron chi connectivity index (χ4n) is 3.95. The molecule has 0 saturated heterocycles. The van der Waals surface area contributed by atoms with Gasteiger partial charge in [-0.1, -0.05) is 17.7 Å². The molecule has 0 radical (unpaired) electrons. The molecule has 1 atom stereocenters. The van der Waals surface area contributed by atoms with Gasteiger partial charge in [-0.3, -0.25) is 4.52 Å². The number of methoxy groups -OCH3 is 1. The molecular formula is C28H33ClFN6O7P. The number of halogens is 2. The van der Waals surface area contributed by atoms with Crippen LogP contribution in [0.15, 0.2) is 49.1 Å². The second-order valence-corrected chi connectivity index (χ2v) is 11.8. The number of anilines is 2. The maximum Gasteiger partial charge on any atom is 0.469 e. The molecule has 2 heterocycles. The van der Waals surface area contributed by atoms with Crippen molar-refractivity contribution in [2.24, 2.45) is 0 Å². The Morgan fingerprint density at radius 3 is 2.50 bits per heavy atom. The molecule has 0 spiro atoms. The first-order valence-corrected chi connectivity index (χ1v) is 15.4. The van der Waals surface area contributed by atoms with Crippen LogP contribution >= 0.6 is 19.4 Å². The van der Waals surface area contributed by atoms with E-state index in [1.54, 1.807) is 39.0 Å². The lowest BCUT2D eigenvalue weighted by molar-refractivity contribution is 0.0795. The number of hydrogen-bond donors (Lipinski definition) is 4. The van der Waals surface area contributed by atoms with Crippen LogP contribution < -0.4 is 24.8 Å². The maximum atomic E-state index is 13.4. The molecule has 2 aromatic heterocycles. The number of aromatic nitrogens is 4. The summed E-state index contributed by atoms with van der Waals surface area (Å²) in [5.41, 5.74) is 1.16. The normalized spacial score (nSPS) is 12.6. The molecule has 0 aliphatic heterocycles. The van der Waals surface area contributed by atoms with E-state index in [-0.39, 0.29) is 17.6 Å². The predicted octanol–water partition coefficient (Wildman–Crippen LogP) is 5.18. The first-order valence-electron chi connectivity index (χ1n) is 13.4. The van der Waals surface area contributed by atoms with Gasteiger partial charge in [-0.05, 0) is 57.5 Å². The van der Waals surface area contributed by atoms with Gasteiger partial charge in [0.05, 0.1) is 48.4 Å². The van der Waals surface area contributed by atoms with E-state index in [0.717, 1.165) is 0 Å². The number of nitrogens with one attached hydrogen (secondary N) is 2. The van der Waals surface area contributed by atoms with Gasteiger partial charge < -0.3 is 34.6 Å². The second-order valence-electron chi connectivity index (χ2n) is 10.2. The Hall–Kier alpha value is -3.65. The molecule has 16 heteroatoms. The standard InChI is InChI=1S/C28H33ClFN6O7P/c1-17(43-44(37,38)39)28(2,3)35-8-5-9-41-25-12-23-20(11-24(25)40-4)26(34-16-33-23)36-19-13-31-27(32-14-19)42-15-18-6-7-22(30)21(29)10-18/h6-7,10-14,16-17,35H,5,8-9,15H2,1-4H3,(H,33,34,36)(H2,37,38,39). The highest BCUT2D eigenvalue weighted by atomic mass is 35.5. The highest BCUT2D eigenvalue weighted by Gasteiger charge is 2.31. The van der Waals surface area contributed by atoms with Crippen LogP contribution in [-0.4, -0.2) is 61.6 Å². The van der Waals surface area contributed by atoms with Gasteiger partial charge in [-0.2, -0.15) is 0 Å². The monoisotopic (exact) mass is 650 g/mol. The summed E-state index contributed by atoms with van der Waals surface area (Å²) in [6.07, 6.45) is 4.37. The van der Waals surface area contributed by atoms with Crippen LogP contribution in [-0.2, 0) is 15.7 Å². The van der Waals surface area contributed by atoms with Crippen molar-refractivity contribution in [3.05, 3.63) is 65.5 Å². The van der Waals surface area contributed by atoms with Crippen molar-refractivity contribution in [3.63, 3.8) is 0 Å². The van der Waals surface area contributed by atoms with Gasteiger partial charge in [0.15, 0.2) is 11.5 Å². The molecule has 0 aliphatic rings. The van der Waals surface area contributed by atoms with Crippen molar-refractivity contribution in [2.45, 2.75) is 45.4 Å². The van der Waals surface area contributed by atoms with E-state index in [0.29, 0.717) is 59.0 Å². The molecule has 4 rings (SSSR count). The van der Waals surface area contributed by atoms with Crippen LogP contribution in [0.3, 0.4) is 0 Å². The molecule has 0 bridgehead atoms. The Balaban J connectivity index is 1.35. The zero-order chi connectivity index (χ0) is 31.9. The molecule has 4 N–H and O–H groups in total. The van der Waals surface area contributed by atoms with Gasteiger partial charge in [-0.15, -0.1) is 0 Å². The summed E-state index contributed by atoms with van der Waals surface area (Å²) in [4.78, 5) is 35.3. The van der Waals surface area contributed by atoms with Crippen LogP contribution in [0.25, 0.3) is 10.9 Å². The van der Waals surface area contributed by atoms with Gasteiger partial charge in [0.25, 0.3) is 0 Å². The quantitative estimate of drug-likeness (QED) is 0.0981. The average molecular weight is 651 g/mol. The van der Waals surface area contributed by atoms with E-state index < -0.39 is 25.3 Å². The number of ether oxygens (including phenoxy) is 3. The van der Waals surface area contributed by atoms with Crippen molar-refractivity contribution in [1.29, 1.82) is 0 Å². The third-order valence-corrected chi connectivity index (χ3v) is 7.52. The van der Waals surface area contributed by atoms with E-state index >= 15 is 0 Å². The molecule has 13 nitrogen and oxygen atoms in total. The number of hydrogen-bond acceptors (Lipinski definition) is 11. The van der Waals surface area contributed by atoms with E-state index in [2.05, 4.69) is 30.6 Å². The maximum absolute atomic E-state index is 13.4. The molecule has 0 saturated carbocycles. The molecule has 0 fully saturated rings. The highest BCUT2D eigenvalue weighted by Crippen LogP contribution is 2.39. The lowest BCUT2D eigenvalue weighted by Gasteiger charge is -2.32. The number of fused-ring (bicyclic) bond motifs is 1. The predicted molar refractivity (Wildman–Crippen MR) is 162 cm³/mol. The summed E-state index contributed by atoms with van der Waals surface area (Å²) in [5, 5.41) is 7.09. The lowest BCUT2D eigenvalue weighted by Crippen LogP contribution is -2.49. The van der Waals surface area contributed by atoms with Crippen LogP contribution in [0.5, 0.6) is 17.5 Å². The molecule has 0 aliphatic carbocycles. The smallest absolute Gasteiger partial charge is 0.469 e. The van der Waals surface area contributed by atoms with Gasteiger partial charge in [-0.25, -0.2) is 28.9 Å². The Kier molecular flexibility index (Phi) is 10.9. The van der Waals surface area contributed by atoms with Gasteiger partial charge in [0.1, 0.15) is 24.6 Å². The molecule has 44 heavy (non-hydrogen) atoms. The van der Waals surface area contributed by atoms with Crippen molar-refractivity contribution >= 4 is 41.8 Å². The van der Waals surface area contributed by atoms with Crippen molar-refractivity contribution in [2.75, 3.05) is 25.6 Å². The van der Waals surface area contributed by atoms with Crippen molar-refractivity contribution < 1.29 is 37.5 Å².